The minimum atomic E-state index is -3.81. The summed E-state index contributed by atoms with van der Waals surface area (Å²) in [4.78, 5) is 23.5. The minimum Gasteiger partial charge on any atom is -0.495 e. The fraction of sp³-hybridized carbons (Fsp3) is 0.364. The molecule has 1 heterocycles. The molecule has 0 aromatic heterocycles. The highest BCUT2D eigenvalue weighted by molar-refractivity contribution is 7.89. The van der Waals surface area contributed by atoms with E-state index >= 15 is 0 Å². The van der Waals surface area contributed by atoms with Crippen molar-refractivity contribution < 1.29 is 22.7 Å². The summed E-state index contributed by atoms with van der Waals surface area (Å²) in [6.45, 7) is 2.35. The first-order valence-corrected chi connectivity index (χ1v) is 11.5. The molecule has 0 bridgehead atoms. The second kappa shape index (κ2) is 9.93. The highest BCUT2D eigenvalue weighted by atomic mass is 32.2. The van der Waals surface area contributed by atoms with Gasteiger partial charge in [-0.3, -0.25) is 9.59 Å². The predicted molar refractivity (Wildman–Crippen MR) is 116 cm³/mol. The fourth-order valence-corrected chi connectivity index (χ4v) is 5.23. The highest BCUT2D eigenvalue weighted by Gasteiger charge is 2.35. The van der Waals surface area contributed by atoms with Crippen LogP contribution in [0.25, 0.3) is 0 Å². The summed E-state index contributed by atoms with van der Waals surface area (Å²) in [5.41, 5.74) is 1.32. The number of amides is 2. The van der Waals surface area contributed by atoms with Crippen molar-refractivity contribution in [2.75, 3.05) is 26.7 Å². The number of benzene rings is 2. The van der Waals surface area contributed by atoms with E-state index < -0.39 is 10.0 Å². The van der Waals surface area contributed by atoms with Gasteiger partial charge in [0.1, 0.15) is 10.6 Å². The first-order chi connectivity index (χ1) is 14.8. The first-order valence-electron chi connectivity index (χ1n) is 10.1. The van der Waals surface area contributed by atoms with Gasteiger partial charge in [-0.05, 0) is 42.7 Å². The number of hydrogen-bond donors (Lipinski definition) is 2. The molecule has 0 saturated carbocycles. The van der Waals surface area contributed by atoms with Gasteiger partial charge >= 0.3 is 0 Å². The number of hydrogen-bond acceptors (Lipinski definition) is 5. The second-order valence-corrected chi connectivity index (χ2v) is 9.31. The largest absolute Gasteiger partial charge is 0.495 e. The van der Waals surface area contributed by atoms with Gasteiger partial charge in [-0.2, -0.15) is 4.31 Å². The number of rotatable bonds is 8. The van der Waals surface area contributed by atoms with Crippen LogP contribution in [-0.2, 0) is 21.2 Å². The molecule has 1 aliphatic heterocycles. The summed E-state index contributed by atoms with van der Waals surface area (Å²) < 4.78 is 33.3. The summed E-state index contributed by atoms with van der Waals surface area (Å²) in [5.74, 6) is -0.0931. The van der Waals surface area contributed by atoms with E-state index in [-0.39, 0.29) is 35.0 Å². The van der Waals surface area contributed by atoms with Crippen LogP contribution in [0.2, 0.25) is 0 Å². The first kappa shape index (κ1) is 22.8. The molecule has 2 N–H and O–H groups in total. The van der Waals surface area contributed by atoms with Crippen LogP contribution < -0.4 is 15.4 Å². The molecule has 1 saturated heterocycles. The molecule has 9 heteroatoms. The van der Waals surface area contributed by atoms with Gasteiger partial charge in [-0.25, -0.2) is 8.42 Å². The summed E-state index contributed by atoms with van der Waals surface area (Å²) in [6.07, 6.45) is 1.03. The van der Waals surface area contributed by atoms with Crippen molar-refractivity contribution in [2.45, 2.75) is 30.7 Å². The van der Waals surface area contributed by atoms with Crippen LogP contribution in [0.4, 0.5) is 0 Å². The van der Waals surface area contributed by atoms with Gasteiger partial charge in [0.15, 0.2) is 0 Å². The molecule has 0 radical (unpaired) electrons. The molecule has 1 fully saturated rings. The lowest BCUT2D eigenvalue weighted by Crippen LogP contribution is -2.38. The normalized spacial score (nSPS) is 16.6. The van der Waals surface area contributed by atoms with Gasteiger partial charge in [-0.1, -0.05) is 24.3 Å². The number of ether oxygens (including phenoxy) is 1. The minimum absolute atomic E-state index is 0.0883. The molecule has 2 amide bonds. The van der Waals surface area contributed by atoms with Gasteiger partial charge in [0.05, 0.1) is 7.11 Å². The maximum Gasteiger partial charge on any atom is 0.251 e. The molecule has 8 nitrogen and oxygen atoms in total. The van der Waals surface area contributed by atoms with Crippen molar-refractivity contribution in [3.8, 4) is 5.75 Å². The van der Waals surface area contributed by atoms with E-state index in [2.05, 4.69) is 10.6 Å². The Morgan fingerprint density at radius 3 is 2.58 bits per heavy atom. The van der Waals surface area contributed by atoms with E-state index in [9.17, 15) is 18.0 Å². The number of carbonyl (C=O) groups excluding carboxylic acids is 2. The quantitative estimate of drug-likeness (QED) is 0.642. The molecular formula is C22H27N3O5S. The summed E-state index contributed by atoms with van der Waals surface area (Å²) in [5, 5.41) is 5.61. The van der Waals surface area contributed by atoms with Crippen LogP contribution in [0.15, 0.2) is 53.4 Å². The lowest BCUT2D eigenvalue weighted by molar-refractivity contribution is -0.118. The van der Waals surface area contributed by atoms with Crippen LogP contribution in [0.1, 0.15) is 29.3 Å². The third kappa shape index (κ3) is 5.62. The SMILES string of the molecule is COc1ccc(CCNC(C)=O)cc1S(=O)(=O)N1CCC(NC(=O)c2ccccc2)C1. The molecule has 31 heavy (non-hydrogen) atoms. The molecule has 1 atom stereocenters. The molecule has 1 unspecified atom stereocenters. The molecule has 166 valence electrons. The standard InChI is InChI=1S/C22H27N3O5S/c1-16(26)23-12-10-17-8-9-20(30-2)21(14-17)31(28,29)25-13-11-19(15-25)24-22(27)18-6-4-3-5-7-18/h3-9,14,19H,10-13,15H2,1-2H3,(H,23,26)(H,24,27). The fourth-order valence-electron chi connectivity index (χ4n) is 3.52. The molecule has 2 aromatic carbocycles. The van der Waals surface area contributed by atoms with Gasteiger partial charge in [0, 0.05) is 38.2 Å². The Hall–Kier alpha value is -2.91. The Kier molecular flexibility index (Phi) is 7.29. The topological polar surface area (TPSA) is 105 Å². The third-order valence-electron chi connectivity index (χ3n) is 5.16. The summed E-state index contributed by atoms with van der Waals surface area (Å²) in [7, 11) is -2.38. The van der Waals surface area contributed by atoms with Crippen molar-refractivity contribution in [3.05, 3.63) is 59.7 Å². The van der Waals surface area contributed by atoms with E-state index in [0.29, 0.717) is 31.5 Å². The summed E-state index contributed by atoms with van der Waals surface area (Å²) >= 11 is 0. The average Bonchev–Trinajstić information content (AvgIpc) is 3.23. The van der Waals surface area contributed by atoms with E-state index in [4.69, 9.17) is 4.74 Å². The van der Waals surface area contributed by atoms with E-state index in [1.165, 1.54) is 18.3 Å². The molecule has 0 aliphatic carbocycles. The van der Waals surface area contributed by atoms with Crippen molar-refractivity contribution in [2.24, 2.45) is 0 Å². The maximum atomic E-state index is 13.3. The van der Waals surface area contributed by atoms with Gasteiger partial charge in [-0.15, -0.1) is 0 Å². The highest BCUT2D eigenvalue weighted by Crippen LogP contribution is 2.30. The molecule has 1 aliphatic rings. The lowest BCUT2D eigenvalue weighted by Gasteiger charge is -2.19. The van der Waals surface area contributed by atoms with Gasteiger partial charge in [0.2, 0.25) is 15.9 Å². The number of nitrogens with zero attached hydrogens (tertiary/aromatic N) is 1. The van der Waals surface area contributed by atoms with Crippen LogP contribution in [0.3, 0.4) is 0 Å². The molecular weight excluding hydrogens is 418 g/mol. The zero-order chi connectivity index (χ0) is 22.4. The zero-order valence-corrected chi connectivity index (χ0v) is 18.4. The number of nitrogens with one attached hydrogen (secondary N) is 2. The number of methoxy groups -OCH3 is 1. The van der Waals surface area contributed by atoms with Crippen molar-refractivity contribution in [3.63, 3.8) is 0 Å². The Bertz CT molecular complexity index is 1040. The van der Waals surface area contributed by atoms with Crippen LogP contribution in [0, 0.1) is 0 Å². The Morgan fingerprint density at radius 1 is 1.16 bits per heavy atom. The van der Waals surface area contributed by atoms with E-state index in [1.54, 1.807) is 42.5 Å². The van der Waals surface area contributed by atoms with Gasteiger partial charge in [0.25, 0.3) is 5.91 Å². The van der Waals surface area contributed by atoms with Crippen LogP contribution >= 0.6 is 0 Å². The van der Waals surface area contributed by atoms with Crippen LogP contribution in [0.5, 0.6) is 5.75 Å². The summed E-state index contributed by atoms with van der Waals surface area (Å²) in [6, 6.07) is 13.6. The van der Waals surface area contributed by atoms with Crippen molar-refractivity contribution >= 4 is 21.8 Å². The second-order valence-electron chi connectivity index (χ2n) is 7.41. The van der Waals surface area contributed by atoms with E-state index in [0.717, 1.165) is 5.56 Å². The molecule has 2 aromatic rings. The predicted octanol–water partition coefficient (Wildman–Crippen LogP) is 1.57. The van der Waals surface area contributed by atoms with Crippen molar-refractivity contribution in [1.82, 2.24) is 14.9 Å². The van der Waals surface area contributed by atoms with Crippen molar-refractivity contribution in [1.29, 1.82) is 0 Å². The maximum absolute atomic E-state index is 13.3. The third-order valence-corrected chi connectivity index (χ3v) is 7.04. The van der Waals surface area contributed by atoms with Crippen LogP contribution in [-0.4, -0.2) is 57.3 Å². The Morgan fingerprint density at radius 2 is 1.90 bits per heavy atom. The average molecular weight is 446 g/mol. The molecule has 3 rings (SSSR count). The number of carbonyl (C=O) groups is 2. The number of sulfonamides is 1. The lowest BCUT2D eigenvalue weighted by atomic mass is 10.1. The smallest absolute Gasteiger partial charge is 0.251 e. The zero-order valence-electron chi connectivity index (χ0n) is 17.6. The monoisotopic (exact) mass is 445 g/mol. The van der Waals surface area contributed by atoms with Gasteiger partial charge < -0.3 is 15.4 Å². The Balaban J connectivity index is 1.72. The molecule has 0 spiro atoms. The van der Waals surface area contributed by atoms with E-state index in [1.807, 2.05) is 6.07 Å². The Labute approximate surface area is 182 Å².